The number of nitrogen functional groups attached to an aromatic ring is 1. The number of sulfonamides is 1. The van der Waals surface area contributed by atoms with Crippen LogP contribution in [0, 0.1) is 5.82 Å². The molecule has 1 heterocycles. The molecule has 0 amide bonds. The summed E-state index contributed by atoms with van der Waals surface area (Å²) in [5, 5.41) is 8.95. The lowest BCUT2D eigenvalue weighted by atomic mass is 10.3. The van der Waals surface area contributed by atoms with Crippen LogP contribution in [0.15, 0.2) is 23.1 Å². The number of halogens is 1. The van der Waals surface area contributed by atoms with Gasteiger partial charge < -0.3 is 10.8 Å². The van der Waals surface area contributed by atoms with Crippen molar-refractivity contribution in [1.82, 2.24) is 9.21 Å². The van der Waals surface area contributed by atoms with Gasteiger partial charge in [-0.25, -0.2) is 12.8 Å². The summed E-state index contributed by atoms with van der Waals surface area (Å²) in [5.74, 6) is -0.559. The molecule has 0 saturated carbocycles. The highest BCUT2D eigenvalue weighted by Gasteiger charge is 2.28. The molecule has 0 aromatic heterocycles. The zero-order valence-electron chi connectivity index (χ0n) is 11.7. The molecule has 0 spiro atoms. The highest BCUT2D eigenvalue weighted by molar-refractivity contribution is 7.89. The maximum Gasteiger partial charge on any atom is 0.245 e. The number of aliphatic hydroxyl groups excluding tert-OH is 1. The van der Waals surface area contributed by atoms with Crippen LogP contribution in [0.1, 0.15) is 6.42 Å². The van der Waals surface area contributed by atoms with E-state index in [4.69, 9.17) is 10.8 Å². The van der Waals surface area contributed by atoms with E-state index in [1.807, 2.05) is 4.90 Å². The monoisotopic (exact) mass is 317 g/mol. The van der Waals surface area contributed by atoms with Crippen molar-refractivity contribution in [2.75, 3.05) is 45.1 Å². The number of β-amino-alcohol motifs (C(OH)–C–C–N with tert-alkyl or cyclic N) is 1. The van der Waals surface area contributed by atoms with Gasteiger partial charge in [-0.2, -0.15) is 4.31 Å². The SMILES string of the molecule is Nc1cc(F)ccc1S(=O)(=O)N1CCCN(CCO)CC1. The molecule has 0 bridgehead atoms. The van der Waals surface area contributed by atoms with E-state index in [-0.39, 0.29) is 17.2 Å². The van der Waals surface area contributed by atoms with Crippen LogP contribution in [-0.2, 0) is 10.0 Å². The van der Waals surface area contributed by atoms with E-state index in [1.54, 1.807) is 0 Å². The first-order valence-electron chi connectivity index (χ1n) is 6.83. The Morgan fingerprint density at radius 1 is 1.24 bits per heavy atom. The zero-order chi connectivity index (χ0) is 15.5. The van der Waals surface area contributed by atoms with Crippen molar-refractivity contribution in [3.05, 3.63) is 24.0 Å². The predicted octanol–water partition coefficient (Wildman–Crippen LogP) is 0.0966. The fourth-order valence-corrected chi connectivity index (χ4v) is 4.01. The van der Waals surface area contributed by atoms with Gasteiger partial charge in [-0.05, 0) is 31.2 Å². The summed E-state index contributed by atoms with van der Waals surface area (Å²) < 4.78 is 39.6. The molecule has 3 N–H and O–H groups in total. The Hall–Kier alpha value is -1.22. The molecule has 0 radical (unpaired) electrons. The second-order valence-corrected chi connectivity index (χ2v) is 6.91. The van der Waals surface area contributed by atoms with E-state index >= 15 is 0 Å². The first kappa shape index (κ1) is 16.2. The molecular formula is C13H20FN3O3S. The van der Waals surface area contributed by atoms with E-state index in [2.05, 4.69) is 0 Å². The van der Waals surface area contributed by atoms with Gasteiger partial charge in [-0.1, -0.05) is 0 Å². The van der Waals surface area contributed by atoms with Crippen LogP contribution in [0.25, 0.3) is 0 Å². The van der Waals surface area contributed by atoms with Crippen LogP contribution in [-0.4, -0.2) is 62.1 Å². The third-order valence-corrected chi connectivity index (χ3v) is 5.53. The van der Waals surface area contributed by atoms with Crippen molar-refractivity contribution >= 4 is 15.7 Å². The number of benzene rings is 1. The Bertz CT molecular complexity index is 594. The number of nitrogens with two attached hydrogens (primary N) is 1. The summed E-state index contributed by atoms with van der Waals surface area (Å²) in [6, 6.07) is 3.32. The lowest BCUT2D eigenvalue weighted by Gasteiger charge is -2.21. The summed E-state index contributed by atoms with van der Waals surface area (Å²) in [5.41, 5.74) is 5.56. The van der Waals surface area contributed by atoms with E-state index in [9.17, 15) is 12.8 Å². The Morgan fingerprint density at radius 3 is 2.67 bits per heavy atom. The van der Waals surface area contributed by atoms with Crippen molar-refractivity contribution in [3.63, 3.8) is 0 Å². The molecule has 1 aromatic carbocycles. The molecule has 0 aliphatic carbocycles. The third kappa shape index (κ3) is 3.70. The van der Waals surface area contributed by atoms with Crippen LogP contribution >= 0.6 is 0 Å². The molecule has 1 aliphatic rings. The van der Waals surface area contributed by atoms with Crippen LogP contribution < -0.4 is 5.73 Å². The molecule has 8 heteroatoms. The van der Waals surface area contributed by atoms with Crippen LogP contribution in [0.5, 0.6) is 0 Å². The van der Waals surface area contributed by atoms with Crippen molar-refractivity contribution in [3.8, 4) is 0 Å². The number of aliphatic hydroxyl groups is 1. The van der Waals surface area contributed by atoms with Gasteiger partial charge in [0.2, 0.25) is 10.0 Å². The largest absolute Gasteiger partial charge is 0.398 e. The van der Waals surface area contributed by atoms with Gasteiger partial charge in [0.1, 0.15) is 10.7 Å². The summed E-state index contributed by atoms with van der Waals surface area (Å²) in [4.78, 5) is 1.96. The van der Waals surface area contributed by atoms with Gasteiger partial charge in [-0.3, -0.25) is 4.90 Å². The minimum Gasteiger partial charge on any atom is -0.398 e. The summed E-state index contributed by atoms with van der Waals surface area (Å²) in [6.07, 6.45) is 0.681. The van der Waals surface area contributed by atoms with Gasteiger partial charge in [0.15, 0.2) is 0 Å². The first-order valence-corrected chi connectivity index (χ1v) is 8.27. The lowest BCUT2D eigenvalue weighted by Crippen LogP contribution is -2.36. The molecule has 0 unspecified atom stereocenters. The smallest absolute Gasteiger partial charge is 0.245 e. The highest BCUT2D eigenvalue weighted by Crippen LogP contribution is 2.24. The quantitative estimate of drug-likeness (QED) is 0.769. The van der Waals surface area contributed by atoms with Crippen LogP contribution in [0.4, 0.5) is 10.1 Å². The number of hydrogen-bond donors (Lipinski definition) is 2. The molecule has 21 heavy (non-hydrogen) atoms. The Balaban J connectivity index is 2.19. The number of nitrogens with zero attached hydrogens (tertiary/aromatic N) is 2. The second-order valence-electron chi connectivity index (χ2n) is 5.01. The van der Waals surface area contributed by atoms with Gasteiger partial charge in [0.25, 0.3) is 0 Å². The normalized spacial score (nSPS) is 18.6. The Morgan fingerprint density at radius 2 is 2.00 bits per heavy atom. The van der Waals surface area contributed by atoms with Crippen LogP contribution in [0.3, 0.4) is 0 Å². The van der Waals surface area contributed by atoms with E-state index in [0.717, 1.165) is 18.7 Å². The predicted molar refractivity (Wildman–Crippen MR) is 77.7 cm³/mol. The van der Waals surface area contributed by atoms with E-state index in [1.165, 1.54) is 10.4 Å². The first-order chi connectivity index (χ1) is 9.95. The Kier molecular flexibility index (Phi) is 5.15. The number of rotatable bonds is 4. The fourth-order valence-electron chi connectivity index (χ4n) is 2.45. The van der Waals surface area contributed by atoms with Crippen molar-refractivity contribution in [2.24, 2.45) is 0 Å². The number of hydrogen-bond acceptors (Lipinski definition) is 5. The maximum atomic E-state index is 13.1. The lowest BCUT2D eigenvalue weighted by molar-refractivity contribution is 0.202. The van der Waals surface area contributed by atoms with Gasteiger partial charge >= 0.3 is 0 Å². The standard InChI is InChI=1S/C13H20FN3O3S/c14-11-2-3-13(12(15)10-11)21(19,20)17-5-1-4-16(6-7-17)8-9-18/h2-3,10,18H,1,4-9,15H2. The molecule has 118 valence electrons. The molecule has 1 saturated heterocycles. The van der Waals surface area contributed by atoms with Gasteiger partial charge in [0, 0.05) is 26.2 Å². The van der Waals surface area contributed by atoms with Crippen LogP contribution in [0.2, 0.25) is 0 Å². The highest BCUT2D eigenvalue weighted by atomic mass is 32.2. The molecule has 1 aromatic rings. The number of anilines is 1. The van der Waals surface area contributed by atoms with E-state index in [0.29, 0.717) is 32.6 Å². The minimum atomic E-state index is -3.72. The summed E-state index contributed by atoms with van der Waals surface area (Å²) in [6.45, 7) is 2.61. The van der Waals surface area contributed by atoms with Crippen molar-refractivity contribution in [1.29, 1.82) is 0 Å². The average Bonchev–Trinajstić information content (AvgIpc) is 2.65. The second kappa shape index (κ2) is 6.69. The third-order valence-electron chi connectivity index (χ3n) is 3.55. The molecule has 2 rings (SSSR count). The molecule has 0 atom stereocenters. The van der Waals surface area contributed by atoms with E-state index < -0.39 is 15.8 Å². The van der Waals surface area contributed by atoms with Crippen molar-refractivity contribution < 1.29 is 17.9 Å². The molecule has 1 fully saturated rings. The molecule has 6 nitrogen and oxygen atoms in total. The topological polar surface area (TPSA) is 86.9 Å². The average molecular weight is 317 g/mol. The summed E-state index contributed by atoms with van der Waals surface area (Å²) in [7, 11) is -3.72. The zero-order valence-corrected chi connectivity index (χ0v) is 12.5. The fraction of sp³-hybridized carbons (Fsp3) is 0.538. The molecule has 1 aliphatic heterocycles. The minimum absolute atomic E-state index is 0.0532. The van der Waals surface area contributed by atoms with Gasteiger partial charge in [-0.15, -0.1) is 0 Å². The van der Waals surface area contributed by atoms with Crippen molar-refractivity contribution in [2.45, 2.75) is 11.3 Å². The molecular weight excluding hydrogens is 297 g/mol. The maximum absolute atomic E-state index is 13.1. The van der Waals surface area contributed by atoms with Gasteiger partial charge in [0.05, 0.1) is 12.3 Å². The Labute approximate surface area is 124 Å². The summed E-state index contributed by atoms with van der Waals surface area (Å²) >= 11 is 0.